The van der Waals surface area contributed by atoms with E-state index >= 15 is 0 Å². The molecule has 1 aliphatic heterocycles. The summed E-state index contributed by atoms with van der Waals surface area (Å²) < 4.78 is 0. The van der Waals surface area contributed by atoms with E-state index in [4.69, 9.17) is 0 Å². The molecule has 0 spiro atoms. The summed E-state index contributed by atoms with van der Waals surface area (Å²) in [7, 11) is 0. The number of rotatable bonds is 3. The molecule has 0 aromatic carbocycles. The summed E-state index contributed by atoms with van der Waals surface area (Å²) in [4.78, 5) is 11.0. The van der Waals surface area contributed by atoms with Gasteiger partial charge < -0.3 is 4.90 Å². The van der Waals surface area contributed by atoms with E-state index < -0.39 is 0 Å². The fraction of sp³-hybridized carbons (Fsp3) is 0.692. The molecule has 94 valence electrons. The van der Waals surface area contributed by atoms with Crippen molar-refractivity contribution in [3.63, 3.8) is 0 Å². The molecule has 1 unspecified atom stereocenters. The van der Waals surface area contributed by atoms with Crippen molar-refractivity contribution in [1.29, 1.82) is 0 Å². The normalized spacial score (nSPS) is 21.3. The molecule has 4 heteroatoms. The van der Waals surface area contributed by atoms with E-state index in [2.05, 4.69) is 39.6 Å². The van der Waals surface area contributed by atoms with E-state index in [1.165, 1.54) is 25.0 Å². The molecule has 0 amide bonds. The molecule has 17 heavy (non-hydrogen) atoms. The molecule has 0 N–H and O–H groups in total. The fourth-order valence-corrected chi connectivity index (χ4v) is 3.39. The van der Waals surface area contributed by atoms with Crippen molar-refractivity contribution >= 4 is 17.6 Å². The summed E-state index contributed by atoms with van der Waals surface area (Å²) in [5.74, 6) is 2.31. The average Bonchev–Trinajstić information content (AvgIpc) is 2.55. The third kappa shape index (κ3) is 3.60. The molecule has 1 atom stereocenters. The van der Waals surface area contributed by atoms with Crippen LogP contribution in [0.4, 0.5) is 5.82 Å². The number of thioether (sulfide) groups is 1. The maximum atomic E-state index is 4.41. The molecule has 1 aromatic heterocycles. The van der Waals surface area contributed by atoms with E-state index in [0.29, 0.717) is 0 Å². The van der Waals surface area contributed by atoms with Gasteiger partial charge in [-0.3, -0.25) is 0 Å². The first-order valence-electron chi connectivity index (χ1n) is 6.45. The van der Waals surface area contributed by atoms with Gasteiger partial charge in [-0.15, -0.1) is 0 Å². The van der Waals surface area contributed by atoms with E-state index in [9.17, 15) is 0 Å². The summed E-state index contributed by atoms with van der Waals surface area (Å²) in [5.41, 5.74) is 1.05. The molecule has 2 heterocycles. The zero-order chi connectivity index (χ0) is 12.1. The second-order valence-electron chi connectivity index (χ2n) is 4.54. The number of aryl methyl sites for hydroxylation is 1. The number of hydrogen-bond acceptors (Lipinski definition) is 4. The van der Waals surface area contributed by atoms with Crippen molar-refractivity contribution < 1.29 is 0 Å². The van der Waals surface area contributed by atoms with Gasteiger partial charge in [0.15, 0.2) is 0 Å². The first-order valence-corrected chi connectivity index (χ1v) is 7.49. The van der Waals surface area contributed by atoms with Crippen LogP contribution >= 0.6 is 11.8 Å². The van der Waals surface area contributed by atoms with Crippen LogP contribution in [0.3, 0.4) is 0 Å². The Morgan fingerprint density at radius 3 is 3.06 bits per heavy atom. The van der Waals surface area contributed by atoms with Crippen molar-refractivity contribution in [1.82, 2.24) is 9.97 Å². The zero-order valence-corrected chi connectivity index (χ0v) is 11.5. The molecule has 1 aliphatic rings. The summed E-state index contributed by atoms with van der Waals surface area (Å²) in [6, 6.07) is 2.10. The molecule has 0 radical (unpaired) electrons. The first kappa shape index (κ1) is 12.7. The Bertz CT molecular complexity index is 356. The monoisotopic (exact) mass is 251 g/mol. The molecule has 2 rings (SSSR count). The minimum Gasteiger partial charge on any atom is -0.355 e. The lowest BCUT2D eigenvalue weighted by Gasteiger charge is -2.25. The Morgan fingerprint density at radius 2 is 2.29 bits per heavy atom. The number of hydrogen-bond donors (Lipinski definition) is 0. The van der Waals surface area contributed by atoms with Gasteiger partial charge in [0, 0.05) is 30.1 Å². The van der Waals surface area contributed by atoms with Gasteiger partial charge in [0.1, 0.15) is 12.1 Å². The molecule has 3 nitrogen and oxygen atoms in total. The largest absolute Gasteiger partial charge is 0.355 e. The molecule has 0 saturated carbocycles. The quantitative estimate of drug-likeness (QED) is 0.826. The van der Waals surface area contributed by atoms with Crippen LogP contribution in [-0.4, -0.2) is 34.1 Å². The lowest BCUT2D eigenvalue weighted by atomic mass is 10.2. The standard InChI is InChI=1S/C13H21N3S/c1-3-17-12-6-4-5-7-16(9-12)13-8-11(2)14-10-15-13/h8,10,12H,3-7,9H2,1-2H3. The minimum absolute atomic E-state index is 0.762. The maximum absolute atomic E-state index is 4.41. The highest BCUT2D eigenvalue weighted by atomic mass is 32.2. The molecule has 1 fully saturated rings. The average molecular weight is 251 g/mol. The second kappa shape index (κ2) is 6.24. The highest BCUT2D eigenvalue weighted by Crippen LogP contribution is 2.24. The van der Waals surface area contributed by atoms with Crippen LogP contribution < -0.4 is 4.90 Å². The topological polar surface area (TPSA) is 29.0 Å². The van der Waals surface area contributed by atoms with Crippen LogP contribution in [-0.2, 0) is 0 Å². The lowest BCUT2D eigenvalue weighted by molar-refractivity contribution is 0.735. The van der Waals surface area contributed by atoms with Gasteiger partial charge in [-0.05, 0) is 25.5 Å². The van der Waals surface area contributed by atoms with Crippen LogP contribution in [0.15, 0.2) is 12.4 Å². The SMILES string of the molecule is CCSC1CCCCN(c2cc(C)ncn2)C1. The van der Waals surface area contributed by atoms with Gasteiger partial charge in [-0.1, -0.05) is 13.3 Å². The summed E-state index contributed by atoms with van der Waals surface area (Å²) in [5, 5.41) is 0.762. The maximum Gasteiger partial charge on any atom is 0.132 e. The van der Waals surface area contributed by atoms with Gasteiger partial charge in [-0.25, -0.2) is 9.97 Å². The van der Waals surface area contributed by atoms with Crippen molar-refractivity contribution in [2.24, 2.45) is 0 Å². The number of aromatic nitrogens is 2. The van der Waals surface area contributed by atoms with E-state index in [1.54, 1.807) is 6.33 Å². The van der Waals surface area contributed by atoms with E-state index in [0.717, 1.165) is 29.9 Å². The van der Waals surface area contributed by atoms with Crippen molar-refractivity contribution in [2.45, 2.75) is 38.4 Å². The smallest absolute Gasteiger partial charge is 0.132 e. The Balaban J connectivity index is 2.08. The molecule has 0 bridgehead atoms. The van der Waals surface area contributed by atoms with Crippen molar-refractivity contribution in [3.05, 3.63) is 18.1 Å². The molecule has 0 aliphatic carbocycles. The fourth-order valence-electron chi connectivity index (χ4n) is 2.30. The van der Waals surface area contributed by atoms with Gasteiger partial charge >= 0.3 is 0 Å². The third-order valence-electron chi connectivity index (χ3n) is 3.14. The van der Waals surface area contributed by atoms with Gasteiger partial charge in [0.2, 0.25) is 0 Å². The predicted molar refractivity (Wildman–Crippen MR) is 74.8 cm³/mol. The zero-order valence-electron chi connectivity index (χ0n) is 10.7. The van der Waals surface area contributed by atoms with Gasteiger partial charge in [-0.2, -0.15) is 11.8 Å². The Hall–Kier alpha value is -0.770. The summed E-state index contributed by atoms with van der Waals surface area (Å²) in [6.07, 6.45) is 5.65. The molecule has 1 aromatic rings. The number of nitrogens with zero attached hydrogens (tertiary/aromatic N) is 3. The van der Waals surface area contributed by atoms with Crippen LogP contribution in [0.25, 0.3) is 0 Å². The van der Waals surface area contributed by atoms with E-state index in [-0.39, 0.29) is 0 Å². The van der Waals surface area contributed by atoms with Crippen LogP contribution in [0.1, 0.15) is 31.9 Å². The van der Waals surface area contributed by atoms with Crippen LogP contribution in [0, 0.1) is 6.92 Å². The Kier molecular flexibility index (Phi) is 4.66. The minimum atomic E-state index is 0.762. The van der Waals surface area contributed by atoms with Gasteiger partial charge in [0.05, 0.1) is 0 Å². The first-order chi connectivity index (χ1) is 8.29. The second-order valence-corrected chi connectivity index (χ2v) is 6.11. The van der Waals surface area contributed by atoms with Crippen LogP contribution in [0.2, 0.25) is 0 Å². The molecular formula is C13H21N3S. The summed E-state index contributed by atoms with van der Waals surface area (Å²) >= 11 is 2.08. The van der Waals surface area contributed by atoms with Crippen molar-refractivity contribution in [3.8, 4) is 0 Å². The Morgan fingerprint density at radius 1 is 1.41 bits per heavy atom. The summed E-state index contributed by atoms with van der Waals surface area (Å²) in [6.45, 7) is 6.54. The Labute approximate surface area is 108 Å². The van der Waals surface area contributed by atoms with Crippen LogP contribution in [0.5, 0.6) is 0 Å². The molecular weight excluding hydrogens is 230 g/mol. The molecule has 1 saturated heterocycles. The highest BCUT2D eigenvalue weighted by molar-refractivity contribution is 7.99. The predicted octanol–water partition coefficient (Wildman–Crippen LogP) is 2.90. The lowest BCUT2D eigenvalue weighted by Crippen LogP contribution is -2.30. The third-order valence-corrected chi connectivity index (χ3v) is 4.33. The van der Waals surface area contributed by atoms with Crippen molar-refractivity contribution in [2.75, 3.05) is 23.7 Å². The van der Waals surface area contributed by atoms with E-state index in [1.807, 2.05) is 6.92 Å². The highest BCUT2D eigenvalue weighted by Gasteiger charge is 2.19. The number of anilines is 1. The van der Waals surface area contributed by atoms with Gasteiger partial charge in [0.25, 0.3) is 0 Å².